The maximum Gasteiger partial charge on any atom is 0.416 e. The Kier molecular flexibility index (Phi) is 8.14. The first kappa shape index (κ1) is 27.2. The van der Waals surface area contributed by atoms with Crippen LogP contribution in [0.4, 0.5) is 24.5 Å². The fourth-order valence-electron chi connectivity index (χ4n) is 3.18. The molecular formula is C24H15BrF3N3O6. The molecule has 0 aliphatic rings. The molecule has 0 heterocycles. The summed E-state index contributed by atoms with van der Waals surface area (Å²) in [5.41, 5.74) is -1.19. The average Bonchev–Trinajstić information content (AvgIpc) is 2.84. The van der Waals surface area contributed by atoms with Crippen molar-refractivity contribution in [2.45, 2.75) is 13.1 Å². The molecule has 0 saturated heterocycles. The lowest BCUT2D eigenvalue weighted by molar-refractivity contribution is -0.385. The normalized spacial score (nSPS) is 11.5. The summed E-state index contributed by atoms with van der Waals surface area (Å²) in [5, 5.41) is 31.9. The molecule has 190 valence electrons. The van der Waals surface area contributed by atoms with E-state index >= 15 is 0 Å². The van der Waals surface area contributed by atoms with Crippen LogP contribution < -0.4 is 9.47 Å². The lowest BCUT2D eigenvalue weighted by atomic mass is 10.0. The van der Waals surface area contributed by atoms with Crippen LogP contribution in [0.25, 0.3) is 11.6 Å². The largest absolute Gasteiger partial charge is 0.490 e. The van der Waals surface area contributed by atoms with E-state index in [4.69, 9.17) is 9.47 Å². The minimum atomic E-state index is -4.78. The number of ether oxygens (including phenoxy) is 2. The first-order valence-corrected chi connectivity index (χ1v) is 11.1. The number of nitriles is 1. The molecule has 3 rings (SSSR count). The van der Waals surface area contributed by atoms with Crippen molar-refractivity contribution < 1.29 is 32.5 Å². The Bertz CT molecular complexity index is 1430. The number of allylic oxidation sites excluding steroid dienone is 1. The summed E-state index contributed by atoms with van der Waals surface area (Å²) in [5.74, 6) is -0.374. The van der Waals surface area contributed by atoms with Crippen molar-refractivity contribution in [3.63, 3.8) is 0 Å². The molecule has 0 saturated carbocycles. The van der Waals surface area contributed by atoms with Crippen LogP contribution in [0.15, 0.2) is 59.1 Å². The van der Waals surface area contributed by atoms with Crippen molar-refractivity contribution in [2.24, 2.45) is 0 Å². The molecule has 0 aliphatic heterocycles. The molecule has 3 aromatic carbocycles. The molecule has 0 radical (unpaired) electrons. The molecule has 0 N–H and O–H groups in total. The molecule has 9 nitrogen and oxygen atoms in total. The standard InChI is InChI=1S/C24H15BrF3N3O6/c1-2-36-22-11-14(9-16(13-29)15-3-6-18(7-4-15)30(32)33)10-19(25)23(22)37-21-8-5-17(24(26,27)28)12-20(21)31(34)35/h3-12H,2H2,1H3/b16-9+. The number of halogens is 4. The summed E-state index contributed by atoms with van der Waals surface area (Å²) in [7, 11) is 0. The molecule has 0 aromatic heterocycles. The Morgan fingerprint density at radius 3 is 2.27 bits per heavy atom. The molecular weight excluding hydrogens is 563 g/mol. The number of alkyl halides is 3. The number of nitrogens with zero attached hydrogens (tertiary/aromatic N) is 3. The SMILES string of the molecule is CCOc1cc(/C=C(\C#N)c2ccc([N+](=O)[O-])cc2)cc(Br)c1Oc1ccc(C(F)(F)F)cc1[N+](=O)[O-]. The maximum atomic E-state index is 13.0. The third kappa shape index (κ3) is 6.42. The number of hydrogen-bond donors (Lipinski definition) is 0. The number of nitro benzene ring substituents is 2. The van der Waals surface area contributed by atoms with E-state index in [1.807, 2.05) is 6.07 Å². The van der Waals surface area contributed by atoms with Gasteiger partial charge in [-0.25, -0.2) is 0 Å². The highest BCUT2D eigenvalue weighted by Gasteiger charge is 2.33. The fraction of sp³-hybridized carbons (Fsp3) is 0.125. The highest BCUT2D eigenvalue weighted by Crippen LogP contribution is 2.44. The van der Waals surface area contributed by atoms with Gasteiger partial charge in [0.25, 0.3) is 5.69 Å². The van der Waals surface area contributed by atoms with E-state index in [2.05, 4.69) is 15.9 Å². The zero-order chi connectivity index (χ0) is 27.3. The molecule has 0 amide bonds. The molecule has 0 spiro atoms. The third-order valence-electron chi connectivity index (χ3n) is 4.85. The van der Waals surface area contributed by atoms with Crippen molar-refractivity contribution in [3.05, 3.63) is 96.0 Å². The number of hydrogen-bond acceptors (Lipinski definition) is 7. The lowest BCUT2D eigenvalue weighted by Gasteiger charge is -2.15. The second-order valence-electron chi connectivity index (χ2n) is 7.28. The van der Waals surface area contributed by atoms with Crippen LogP contribution in [-0.4, -0.2) is 16.5 Å². The molecule has 0 fully saturated rings. The topological polar surface area (TPSA) is 129 Å². The second kappa shape index (κ2) is 11.1. The summed E-state index contributed by atoms with van der Waals surface area (Å²) in [6, 6.07) is 12.3. The van der Waals surface area contributed by atoms with Crippen LogP contribution >= 0.6 is 15.9 Å². The number of nitro groups is 2. The summed E-state index contributed by atoms with van der Waals surface area (Å²) < 4.78 is 50.5. The highest BCUT2D eigenvalue weighted by atomic mass is 79.9. The third-order valence-corrected chi connectivity index (χ3v) is 5.44. The van der Waals surface area contributed by atoms with Gasteiger partial charge in [0, 0.05) is 18.2 Å². The van der Waals surface area contributed by atoms with Crippen molar-refractivity contribution in [1.82, 2.24) is 0 Å². The quantitative estimate of drug-likeness (QED) is 0.117. The summed E-state index contributed by atoms with van der Waals surface area (Å²) in [6.45, 7) is 1.82. The van der Waals surface area contributed by atoms with Gasteiger partial charge in [0.1, 0.15) is 0 Å². The van der Waals surface area contributed by atoms with Gasteiger partial charge in [-0.2, -0.15) is 18.4 Å². The molecule has 0 unspecified atom stereocenters. The summed E-state index contributed by atoms with van der Waals surface area (Å²) in [6.07, 6.45) is -3.30. The fourth-order valence-corrected chi connectivity index (χ4v) is 3.72. The van der Waals surface area contributed by atoms with Crippen molar-refractivity contribution in [2.75, 3.05) is 6.61 Å². The van der Waals surface area contributed by atoms with Gasteiger partial charge >= 0.3 is 11.9 Å². The van der Waals surface area contributed by atoms with Crippen LogP contribution in [0, 0.1) is 31.6 Å². The van der Waals surface area contributed by atoms with E-state index < -0.39 is 33.0 Å². The van der Waals surface area contributed by atoms with E-state index in [0.29, 0.717) is 23.3 Å². The zero-order valence-electron chi connectivity index (χ0n) is 18.8. The summed E-state index contributed by atoms with van der Waals surface area (Å²) in [4.78, 5) is 20.7. The minimum absolute atomic E-state index is 0.0318. The van der Waals surface area contributed by atoms with E-state index in [9.17, 15) is 38.7 Å². The predicted octanol–water partition coefficient (Wildman–Crippen LogP) is 7.54. The Morgan fingerprint density at radius 2 is 1.73 bits per heavy atom. The van der Waals surface area contributed by atoms with Crippen molar-refractivity contribution >= 4 is 39.0 Å². The maximum absolute atomic E-state index is 13.0. The Hall–Kier alpha value is -4.44. The van der Waals surface area contributed by atoms with Gasteiger partial charge in [-0.1, -0.05) is 0 Å². The Balaban J connectivity index is 2.04. The van der Waals surface area contributed by atoms with Gasteiger partial charge in [0.05, 0.1) is 38.1 Å². The first-order chi connectivity index (χ1) is 17.4. The van der Waals surface area contributed by atoms with Gasteiger partial charge in [-0.3, -0.25) is 20.2 Å². The molecule has 0 aliphatic carbocycles. The number of benzene rings is 3. The number of non-ortho nitro benzene ring substituents is 1. The Morgan fingerprint density at radius 1 is 1.05 bits per heavy atom. The van der Waals surface area contributed by atoms with Gasteiger partial charge < -0.3 is 9.47 Å². The smallest absolute Gasteiger partial charge is 0.416 e. The number of rotatable bonds is 8. The molecule has 37 heavy (non-hydrogen) atoms. The zero-order valence-corrected chi connectivity index (χ0v) is 20.4. The van der Waals surface area contributed by atoms with Gasteiger partial charge in [-0.05, 0) is 76.5 Å². The van der Waals surface area contributed by atoms with Crippen LogP contribution in [0.5, 0.6) is 17.2 Å². The average molecular weight is 578 g/mol. The van der Waals surface area contributed by atoms with Gasteiger partial charge in [0.15, 0.2) is 11.5 Å². The minimum Gasteiger partial charge on any atom is -0.490 e. The highest BCUT2D eigenvalue weighted by molar-refractivity contribution is 9.10. The first-order valence-electron chi connectivity index (χ1n) is 10.3. The van der Waals surface area contributed by atoms with Crippen LogP contribution in [0.2, 0.25) is 0 Å². The van der Waals surface area contributed by atoms with E-state index in [-0.39, 0.29) is 33.8 Å². The van der Waals surface area contributed by atoms with E-state index in [0.717, 1.165) is 6.07 Å². The summed E-state index contributed by atoms with van der Waals surface area (Å²) >= 11 is 3.28. The molecule has 3 aromatic rings. The van der Waals surface area contributed by atoms with Gasteiger partial charge in [-0.15, -0.1) is 0 Å². The monoisotopic (exact) mass is 577 g/mol. The van der Waals surface area contributed by atoms with Crippen LogP contribution in [-0.2, 0) is 6.18 Å². The molecule has 0 atom stereocenters. The van der Waals surface area contributed by atoms with Gasteiger partial charge in [0.2, 0.25) is 5.75 Å². The van der Waals surface area contributed by atoms with E-state index in [1.54, 1.807) is 6.92 Å². The Labute approximate surface area is 215 Å². The predicted molar refractivity (Wildman–Crippen MR) is 130 cm³/mol. The van der Waals surface area contributed by atoms with Crippen molar-refractivity contribution in [3.8, 4) is 23.3 Å². The lowest BCUT2D eigenvalue weighted by Crippen LogP contribution is -2.06. The molecule has 0 bridgehead atoms. The van der Waals surface area contributed by atoms with Crippen molar-refractivity contribution in [1.29, 1.82) is 5.26 Å². The molecule has 13 heteroatoms. The second-order valence-corrected chi connectivity index (χ2v) is 8.13. The van der Waals surface area contributed by atoms with Crippen LogP contribution in [0.1, 0.15) is 23.6 Å². The van der Waals surface area contributed by atoms with Crippen LogP contribution in [0.3, 0.4) is 0 Å². The van der Waals surface area contributed by atoms with E-state index in [1.165, 1.54) is 42.5 Å².